The average molecular weight is 256 g/mol. The summed E-state index contributed by atoms with van der Waals surface area (Å²) >= 11 is 5.89. The second-order valence-electron chi connectivity index (χ2n) is 4.11. The molecule has 17 heavy (non-hydrogen) atoms. The van der Waals surface area contributed by atoms with Crippen molar-refractivity contribution < 1.29 is 14.6 Å². The predicted octanol–water partition coefficient (Wildman–Crippen LogP) is 1.41. The number of carbonyl (C=O) groups excluding carboxylic acids is 1. The number of nitrogens with zero attached hydrogens (tertiary/aromatic N) is 1. The van der Waals surface area contributed by atoms with Gasteiger partial charge in [0.05, 0.1) is 12.1 Å². The van der Waals surface area contributed by atoms with Gasteiger partial charge >= 0.3 is 0 Å². The van der Waals surface area contributed by atoms with Crippen molar-refractivity contribution in [3.05, 3.63) is 28.8 Å². The lowest BCUT2D eigenvalue weighted by atomic mass is 10.00. The highest BCUT2D eigenvalue weighted by Crippen LogP contribution is 2.27. The zero-order chi connectivity index (χ0) is 12.4. The SMILES string of the molecule is COc1cc(C(=O)N2CC(CO)C2)ccc1Cl. The lowest BCUT2D eigenvalue weighted by Gasteiger charge is -2.38. The van der Waals surface area contributed by atoms with Crippen LogP contribution in [0.5, 0.6) is 5.75 Å². The van der Waals surface area contributed by atoms with Crippen molar-refractivity contribution in [2.24, 2.45) is 5.92 Å². The van der Waals surface area contributed by atoms with E-state index in [-0.39, 0.29) is 18.4 Å². The molecule has 5 heteroatoms. The van der Waals surface area contributed by atoms with Gasteiger partial charge in [0.2, 0.25) is 0 Å². The Hall–Kier alpha value is -1.26. The van der Waals surface area contributed by atoms with Crippen LogP contribution in [-0.4, -0.2) is 42.7 Å². The molecule has 1 fully saturated rings. The van der Waals surface area contributed by atoms with Crippen LogP contribution in [0.3, 0.4) is 0 Å². The third-order valence-corrected chi connectivity index (χ3v) is 3.21. The van der Waals surface area contributed by atoms with Gasteiger partial charge in [-0.05, 0) is 18.2 Å². The molecule has 0 aliphatic carbocycles. The zero-order valence-corrected chi connectivity index (χ0v) is 10.3. The van der Waals surface area contributed by atoms with Crippen molar-refractivity contribution in [2.75, 3.05) is 26.8 Å². The van der Waals surface area contributed by atoms with Crippen LogP contribution in [0.15, 0.2) is 18.2 Å². The Labute approximate surface area is 105 Å². The van der Waals surface area contributed by atoms with Crippen molar-refractivity contribution in [1.29, 1.82) is 0 Å². The summed E-state index contributed by atoms with van der Waals surface area (Å²) in [6.07, 6.45) is 0. The van der Waals surface area contributed by atoms with E-state index in [9.17, 15) is 4.79 Å². The van der Waals surface area contributed by atoms with Gasteiger partial charge in [0.1, 0.15) is 5.75 Å². The highest BCUT2D eigenvalue weighted by molar-refractivity contribution is 6.32. The van der Waals surface area contributed by atoms with Gasteiger partial charge in [0.15, 0.2) is 0 Å². The number of benzene rings is 1. The molecule has 0 unspecified atom stereocenters. The van der Waals surface area contributed by atoms with Gasteiger partial charge in [-0.25, -0.2) is 0 Å². The third-order valence-electron chi connectivity index (χ3n) is 2.90. The summed E-state index contributed by atoms with van der Waals surface area (Å²) in [6.45, 7) is 1.36. The van der Waals surface area contributed by atoms with E-state index in [2.05, 4.69) is 0 Å². The van der Waals surface area contributed by atoms with E-state index < -0.39 is 0 Å². The molecule has 1 saturated heterocycles. The predicted molar refractivity (Wildman–Crippen MR) is 64.5 cm³/mol. The highest BCUT2D eigenvalue weighted by atomic mass is 35.5. The van der Waals surface area contributed by atoms with E-state index >= 15 is 0 Å². The molecule has 1 heterocycles. The largest absolute Gasteiger partial charge is 0.495 e. The van der Waals surface area contributed by atoms with E-state index in [0.29, 0.717) is 29.4 Å². The van der Waals surface area contributed by atoms with Gasteiger partial charge in [-0.1, -0.05) is 11.6 Å². The topological polar surface area (TPSA) is 49.8 Å². The first kappa shape index (κ1) is 12.2. The van der Waals surface area contributed by atoms with Crippen LogP contribution >= 0.6 is 11.6 Å². The number of likely N-dealkylation sites (tertiary alicyclic amines) is 1. The summed E-state index contributed by atoms with van der Waals surface area (Å²) in [7, 11) is 1.51. The molecule has 2 rings (SSSR count). The number of hydrogen-bond acceptors (Lipinski definition) is 3. The average Bonchev–Trinajstić information content (AvgIpc) is 2.28. The van der Waals surface area contributed by atoms with Crippen molar-refractivity contribution in [3.63, 3.8) is 0 Å². The number of hydrogen-bond donors (Lipinski definition) is 1. The highest BCUT2D eigenvalue weighted by Gasteiger charge is 2.30. The number of rotatable bonds is 3. The van der Waals surface area contributed by atoms with Crippen molar-refractivity contribution in [3.8, 4) is 5.75 Å². The minimum atomic E-state index is -0.0512. The quantitative estimate of drug-likeness (QED) is 0.889. The monoisotopic (exact) mass is 255 g/mol. The van der Waals surface area contributed by atoms with Gasteiger partial charge < -0.3 is 14.7 Å². The zero-order valence-electron chi connectivity index (χ0n) is 9.52. The van der Waals surface area contributed by atoms with Crippen LogP contribution in [0.4, 0.5) is 0 Å². The van der Waals surface area contributed by atoms with Crippen LogP contribution in [0.1, 0.15) is 10.4 Å². The molecule has 0 saturated carbocycles. The summed E-state index contributed by atoms with van der Waals surface area (Å²) in [5.41, 5.74) is 0.558. The molecule has 0 bridgehead atoms. The Kier molecular flexibility index (Phi) is 3.54. The summed E-state index contributed by atoms with van der Waals surface area (Å²) in [5.74, 6) is 0.662. The Bertz CT molecular complexity index is 430. The fraction of sp³-hybridized carbons (Fsp3) is 0.417. The molecule has 0 spiro atoms. The maximum atomic E-state index is 12.0. The lowest BCUT2D eigenvalue weighted by molar-refractivity contribution is 0.0361. The maximum Gasteiger partial charge on any atom is 0.254 e. The summed E-state index contributed by atoms with van der Waals surface area (Å²) in [4.78, 5) is 13.7. The molecule has 1 aliphatic rings. The first-order chi connectivity index (χ1) is 8.15. The standard InChI is InChI=1S/C12H14ClNO3/c1-17-11-4-9(2-3-10(11)13)12(16)14-5-8(6-14)7-15/h2-4,8,15H,5-7H2,1H3. The molecule has 0 aromatic heterocycles. The molecule has 1 amide bonds. The summed E-state index contributed by atoms with van der Waals surface area (Å²) in [5, 5.41) is 9.39. The molecule has 0 radical (unpaired) electrons. The molecule has 92 valence electrons. The number of carbonyl (C=O) groups is 1. The number of aliphatic hydroxyl groups excluding tert-OH is 1. The normalized spacial score (nSPS) is 15.6. The van der Waals surface area contributed by atoms with E-state index in [1.54, 1.807) is 23.1 Å². The molecule has 4 nitrogen and oxygen atoms in total. The molecule has 1 N–H and O–H groups in total. The maximum absolute atomic E-state index is 12.0. The van der Waals surface area contributed by atoms with Crippen LogP contribution in [-0.2, 0) is 0 Å². The minimum Gasteiger partial charge on any atom is -0.495 e. The third kappa shape index (κ3) is 2.37. The van der Waals surface area contributed by atoms with E-state index in [1.807, 2.05) is 0 Å². The van der Waals surface area contributed by atoms with Crippen LogP contribution in [0.25, 0.3) is 0 Å². The first-order valence-electron chi connectivity index (χ1n) is 5.39. The second kappa shape index (κ2) is 4.94. The van der Waals surface area contributed by atoms with Crippen LogP contribution in [0, 0.1) is 5.92 Å². The van der Waals surface area contributed by atoms with Crippen molar-refractivity contribution in [1.82, 2.24) is 4.90 Å². The Morgan fingerprint density at radius 3 is 2.88 bits per heavy atom. The number of aliphatic hydroxyl groups is 1. The number of ether oxygens (including phenoxy) is 1. The van der Waals surface area contributed by atoms with Crippen LogP contribution in [0.2, 0.25) is 5.02 Å². The van der Waals surface area contributed by atoms with Crippen LogP contribution < -0.4 is 4.74 Å². The molecular weight excluding hydrogens is 242 g/mol. The Balaban J connectivity index is 2.10. The second-order valence-corrected chi connectivity index (χ2v) is 4.52. The van der Waals surface area contributed by atoms with Crippen molar-refractivity contribution >= 4 is 17.5 Å². The minimum absolute atomic E-state index is 0.0512. The smallest absolute Gasteiger partial charge is 0.254 e. The number of halogens is 1. The summed E-state index contributed by atoms with van der Waals surface area (Å²) in [6, 6.07) is 4.97. The van der Waals surface area contributed by atoms with Gasteiger partial charge in [-0.2, -0.15) is 0 Å². The lowest BCUT2D eigenvalue weighted by Crippen LogP contribution is -2.51. The molecule has 0 atom stereocenters. The van der Waals surface area contributed by atoms with E-state index in [1.165, 1.54) is 7.11 Å². The molecule has 1 aromatic carbocycles. The number of amides is 1. The number of methoxy groups -OCH3 is 1. The first-order valence-corrected chi connectivity index (χ1v) is 5.77. The molecule has 1 aromatic rings. The fourth-order valence-corrected chi connectivity index (χ4v) is 2.02. The van der Waals surface area contributed by atoms with Gasteiger partial charge in [-0.15, -0.1) is 0 Å². The Morgan fingerprint density at radius 2 is 2.29 bits per heavy atom. The molecule has 1 aliphatic heterocycles. The summed E-state index contributed by atoms with van der Waals surface area (Å²) < 4.78 is 5.07. The molecular formula is C12H14ClNO3. The van der Waals surface area contributed by atoms with E-state index in [0.717, 1.165) is 0 Å². The van der Waals surface area contributed by atoms with Crippen molar-refractivity contribution in [2.45, 2.75) is 0 Å². The Morgan fingerprint density at radius 1 is 1.59 bits per heavy atom. The van der Waals surface area contributed by atoms with Gasteiger partial charge in [-0.3, -0.25) is 4.79 Å². The van der Waals surface area contributed by atoms with E-state index in [4.69, 9.17) is 21.4 Å². The fourth-order valence-electron chi connectivity index (χ4n) is 1.83. The van der Waals surface area contributed by atoms with Gasteiger partial charge in [0, 0.05) is 31.2 Å². The van der Waals surface area contributed by atoms with Gasteiger partial charge in [0.25, 0.3) is 5.91 Å².